The summed E-state index contributed by atoms with van der Waals surface area (Å²) >= 11 is 2.76. The number of aromatic nitrogens is 2. The zero-order valence-corrected chi connectivity index (χ0v) is 9.82. The molecule has 0 saturated carbocycles. The van der Waals surface area contributed by atoms with Gasteiger partial charge in [0.2, 0.25) is 0 Å². The number of nitrogens with zero attached hydrogens (tertiary/aromatic N) is 2. The van der Waals surface area contributed by atoms with Crippen LogP contribution in [0.15, 0.2) is 15.7 Å². The SMILES string of the molecule is CS(=O)(=O)c1cnn(CC(F)(F)F)c1Br. The lowest BCUT2D eigenvalue weighted by atomic mass is 10.6. The Labute approximate surface area is 92.1 Å². The average Bonchev–Trinajstić information content (AvgIpc) is 2.27. The van der Waals surface area contributed by atoms with Crippen molar-refractivity contribution in [1.29, 1.82) is 0 Å². The maximum Gasteiger partial charge on any atom is 0.408 e. The van der Waals surface area contributed by atoms with Gasteiger partial charge in [0.05, 0.1) is 6.20 Å². The van der Waals surface area contributed by atoms with Crippen LogP contribution in [-0.4, -0.2) is 30.6 Å². The summed E-state index contributed by atoms with van der Waals surface area (Å²) in [6.07, 6.45) is -2.67. The van der Waals surface area contributed by atoms with Crippen molar-refractivity contribution in [2.75, 3.05) is 6.26 Å². The van der Waals surface area contributed by atoms with Crippen LogP contribution in [0.4, 0.5) is 13.2 Å². The third-order valence-electron chi connectivity index (χ3n) is 1.47. The Morgan fingerprint density at radius 1 is 1.53 bits per heavy atom. The zero-order chi connectivity index (χ0) is 11.9. The largest absolute Gasteiger partial charge is 0.408 e. The lowest BCUT2D eigenvalue weighted by molar-refractivity contribution is -0.143. The molecule has 0 aliphatic heterocycles. The molecule has 0 aliphatic carbocycles. The van der Waals surface area contributed by atoms with E-state index in [9.17, 15) is 21.6 Å². The van der Waals surface area contributed by atoms with Crippen molar-refractivity contribution in [3.63, 3.8) is 0 Å². The average molecular weight is 307 g/mol. The van der Waals surface area contributed by atoms with E-state index >= 15 is 0 Å². The van der Waals surface area contributed by atoms with E-state index in [1.165, 1.54) is 0 Å². The molecule has 15 heavy (non-hydrogen) atoms. The van der Waals surface area contributed by atoms with Gasteiger partial charge in [-0.15, -0.1) is 0 Å². The summed E-state index contributed by atoms with van der Waals surface area (Å²) in [6, 6.07) is 0. The molecule has 9 heteroatoms. The number of sulfone groups is 1. The highest BCUT2D eigenvalue weighted by Crippen LogP contribution is 2.25. The first-order valence-electron chi connectivity index (χ1n) is 3.59. The second-order valence-electron chi connectivity index (χ2n) is 2.84. The first-order valence-corrected chi connectivity index (χ1v) is 6.28. The lowest BCUT2D eigenvalue weighted by Crippen LogP contribution is -2.18. The van der Waals surface area contributed by atoms with Crippen molar-refractivity contribution in [2.45, 2.75) is 17.6 Å². The maximum absolute atomic E-state index is 12.0. The van der Waals surface area contributed by atoms with Crippen molar-refractivity contribution >= 4 is 25.8 Å². The molecule has 0 atom stereocenters. The summed E-state index contributed by atoms with van der Waals surface area (Å²) in [5.41, 5.74) is 0. The highest BCUT2D eigenvalue weighted by atomic mass is 79.9. The number of halogens is 4. The summed E-state index contributed by atoms with van der Waals surface area (Å²) in [6.45, 7) is -1.33. The molecule has 0 radical (unpaired) electrons. The molecule has 86 valence electrons. The molecule has 1 aromatic heterocycles. The predicted octanol–water partition coefficient (Wildman–Crippen LogP) is 1.61. The Hall–Kier alpha value is -0.570. The molecule has 0 fully saturated rings. The molecule has 0 bridgehead atoms. The first-order chi connectivity index (χ1) is 6.61. The molecular formula is C6H6BrF3N2O2S. The fourth-order valence-corrected chi connectivity index (χ4v) is 2.73. The summed E-state index contributed by atoms with van der Waals surface area (Å²) in [7, 11) is -3.57. The van der Waals surface area contributed by atoms with Crippen LogP contribution < -0.4 is 0 Å². The predicted molar refractivity (Wildman–Crippen MR) is 49.1 cm³/mol. The monoisotopic (exact) mass is 306 g/mol. The number of hydrogen-bond acceptors (Lipinski definition) is 3. The topological polar surface area (TPSA) is 52.0 Å². The van der Waals surface area contributed by atoms with Gasteiger partial charge in [-0.2, -0.15) is 18.3 Å². The summed E-state index contributed by atoms with van der Waals surface area (Å²) < 4.78 is 58.5. The van der Waals surface area contributed by atoms with E-state index in [1.54, 1.807) is 0 Å². The van der Waals surface area contributed by atoms with Crippen molar-refractivity contribution in [2.24, 2.45) is 0 Å². The minimum Gasteiger partial charge on any atom is -0.248 e. The highest BCUT2D eigenvalue weighted by Gasteiger charge is 2.30. The minimum atomic E-state index is -4.44. The molecule has 4 nitrogen and oxygen atoms in total. The quantitative estimate of drug-likeness (QED) is 0.834. The van der Waals surface area contributed by atoms with E-state index < -0.39 is 22.6 Å². The molecular weight excluding hydrogens is 301 g/mol. The van der Waals surface area contributed by atoms with Crippen LogP contribution in [0.5, 0.6) is 0 Å². The Morgan fingerprint density at radius 2 is 2.07 bits per heavy atom. The number of rotatable bonds is 2. The lowest BCUT2D eigenvalue weighted by Gasteiger charge is -2.07. The van der Waals surface area contributed by atoms with Gasteiger partial charge < -0.3 is 0 Å². The van der Waals surface area contributed by atoms with Gasteiger partial charge in [-0.3, -0.25) is 0 Å². The summed E-state index contributed by atoms with van der Waals surface area (Å²) in [4.78, 5) is -0.258. The highest BCUT2D eigenvalue weighted by molar-refractivity contribution is 9.10. The van der Waals surface area contributed by atoms with E-state index in [1.807, 2.05) is 0 Å². The van der Waals surface area contributed by atoms with Crippen LogP contribution in [0.25, 0.3) is 0 Å². The fraction of sp³-hybridized carbons (Fsp3) is 0.500. The van der Waals surface area contributed by atoms with Crippen molar-refractivity contribution in [3.05, 3.63) is 10.8 Å². The normalized spacial score (nSPS) is 13.1. The summed E-state index contributed by atoms with van der Waals surface area (Å²) in [5, 5.41) is 3.34. The molecule has 0 aliphatic rings. The van der Waals surface area contributed by atoms with Crippen LogP contribution in [0.3, 0.4) is 0 Å². The van der Waals surface area contributed by atoms with Crippen molar-refractivity contribution < 1.29 is 21.6 Å². The van der Waals surface area contributed by atoms with Gasteiger partial charge in [0.25, 0.3) is 0 Å². The Bertz CT molecular complexity index is 465. The van der Waals surface area contributed by atoms with E-state index in [2.05, 4.69) is 21.0 Å². The van der Waals surface area contributed by atoms with Crippen molar-refractivity contribution in [1.82, 2.24) is 9.78 Å². The third-order valence-corrected chi connectivity index (χ3v) is 3.67. The minimum absolute atomic E-state index is 0.192. The van der Waals surface area contributed by atoms with E-state index in [0.29, 0.717) is 4.68 Å². The maximum atomic E-state index is 12.0. The molecule has 0 aromatic carbocycles. The van der Waals surface area contributed by atoms with Gasteiger partial charge in [-0.25, -0.2) is 13.1 Å². The van der Waals surface area contributed by atoms with Gasteiger partial charge in [-0.05, 0) is 15.9 Å². The van der Waals surface area contributed by atoms with Crippen LogP contribution in [0.1, 0.15) is 0 Å². The van der Waals surface area contributed by atoms with E-state index in [4.69, 9.17) is 0 Å². The van der Waals surface area contributed by atoms with Crippen LogP contribution >= 0.6 is 15.9 Å². The smallest absolute Gasteiger partial charge is 0.248 e. The molecule has 1 aromatic rings. The molecule has 1 heterocycles. The van der Waals surface area contributed by atoms with E-state index in [-0.39, 0.29) is 9.50 Å². The number of alkyl halides is 3. The molecule has 0 unspecified atom stereocenters. The molecule has 0 N–H and O–H groups in total. The Balaban J connectivity index is 3.11. The first kappa shape index (κ1) is 12.5. The summed E-state index contributed by atoms with van der Waals surface area (Å²) in [5.74, 6) is 0. The van der Waals surface area contributed by atoms with Gasteiger partial charge >= 0.3 is 6.18 Å². The second-order valence-corrected chi connectivity index (χ2v) is 5.58. The number of hydrogen-bond donors (Lipinski definition) is 0. The van der Waals surface area contributed by atoms with Gasteiger partial charge in [0.15, 0.2) is 9.84 Å². The Kier molecular flexibility index (Phi) is 3.15. The molecule has 1 rings (SSSR count). The Morgan fingerprint density at radius 3 is 2.40 bits per heavy atom. The zero-order valence-electron chi connectivity index (χ0n) is 7.42. The van der Waals surface area contributed by atoms with Crippen LogP contribution in [0, 0.1) is 0 Å². The molecule has 0 amide bonds. The second kappa shape index (κ2) is 3.78. The van der Waals surface area contributed by atoms with Crippen molar-refractivity contribution in [3.8, 4) is 0 Å². The molecule has 0 spiro atoms. The van der Waals surface area contributed by atoms with E-state index in [0.717, 1.165) is 12.5 Å². The fourth-order valence-electron chi connectivity index (χ4n) is 0.882. The van der Waals surface area contributed by atoms with Gasteiger partial charge in [0.1, 0.15) is 16.0 Å². The third kappa shape index (κ3) is 3.20. The standard InChI is InChI=1S/C6H6BrF3N2O2S/c1-15(13,14)4-2-11-12(5(4)7)3-6(8,9)10/h2H,3H2,1H3. The molecule has 0 saturated heterocycles. The van der Waals surface area contributed by atoms with Crippen LogP contribution in [-0.2, 0) is 16.4 Å². The van der Waals surface area contributed by atoms with Gasteiger partial charge in [-0.1, -0.05) is 0 Å². The van der Waals surface area contributed by atoms with Crippen LogP contribution in [0.2, 0.25) is 0 Å². The van der Waals surface area contributed by atoms with Gasteiger partial charge in [0, 0.05) is 6.26 Å².